The van der Waals surface area contributed by atoms with Crippen molar-refractivity contribution in [3.8, 4) is 23.9 Å². The molecule has 0 spiro atoms. The van der Waals surface area contributed by atoms with Gasteiger partial charge in [0.05, 0.1) is 12.7 Å². The first-order valence-electron chi connectivity index (χ1n) is 5.74. The second-order valence-corrected chi connectivity index (χ2v) is 4.15. The minimum absolute atomic E-state index is 0.504. The van der Waals surface area contributed by atoms with Gasteiger partial charge < -0.3 is 8.98 Å². The maximum atomic E-state index is 5.59. The molecule has 3 nitrogen and oxygen atoms in total. The van der Waals surface area contributed by atoms with Crippen LogP contribution < -0.4 is 0 Å². The SMILES string of the molecule is C#CCn1c(-c2ncc(C)o2)cc2ccccc21. The molecule has 0 unspecified atom stereocenters. The molecule has 0 radical (unpaired) electrons. The van der Waals surface area contributed by atoms with Gasteiger partial charge in [-0.1, -0.05) is 24.1 Å². The Morgan fingerprint density at radius 3 is 2.94 bits per heavy atom. The van der Waals surface area contributed by atoms with Crippen LogP contribution in [0.15, 0.2) is 40.9 Å². The molecule has 0 aliphatic carbocycles. The van der Waals surface area contributed by atoms with Gasteiger partial charge in [-0.05, 0) is 19.1 Å². The lowest BCUT2D eigenvalue weighted by molar-refractivity contribution is 0.537. The lowest BCUT2D eigenvalue weighted by Gasteiger charge is -2.03. The van der Waals surface area contributed by atoms with Gasteiger partial charge in [-0.15, -0.1) is 6.42 Å². The first-order valence-corrected chi connectivity index (χ1v) is 5.74. The molecule has 0 atom stereocenters. The Morgan fingerprint density at radius 2 is 2.22 bits per heavy atom. The Balaban J connectivity index is 2.28. The second-order valence-electron chi connectivity index (χ2n) is 4.15. The highest BCUT2D eigenvalue weighted by molar-refractivity contribution is 5.85. The summed E-state index contributed by atoms with van der Waals surface area (Å²) in [6.07, 6.45) is 7.16. The molecular weight excluding hydrogens is 224 g/mol. The average Bonchev–Trinajstić information content (AvgIpc) is 2.95. The summed E-state index contributed by atoms with van der Waals surface area (Å²) in [5.74, 6) is 4.08. The third kappa shape index (κ3) is 1.59. The molecule has 3 rings (SSSR count). The quantitative estimate of drug-likeness (QED) is 0.639. The van der Waals surface area contributed by atoms with E-state index in [0.717, 1.165) is 22.4 Å². The first kappa shape index (κ1) is 10.7. The van der Waals surface area contributed by atoms with E-state index in [1.807, 2.05) is 29.7 Å². The summed E-state index contributed by atoms with van der Waals surface area (Å²) in [6.45, 7) is 2.38. The van der Waals surface area contributed by atoms with Crippen molar-refractivity contribution in [2.24, 2.45) is 0 Å². The van der Waals surface area contributed by atoms with Gasteiger partial charge in [0.15, 0.2) is 0 Å². The summed E-state index contributed by atoms with van der Waals surface area (Å²) >= 11 is 0. The van der Waals surface area contributed by atoms with Crippen LogP contribution in [0, 0.1) is 19.3 Å². The highest BCUT2D eigenvalue weighted by atomic mass is 16.4. The third-order valence-electron chi connectivity index (χ3n) is 2.90. The molecule has 0 saturated heterocycles. The number of aryl methyl sites for hydroxylation is 1. The van der Waals surface area contributed by atoms with Crippen molar-refractivity contribution in [2.45, 2.75) is 13.5 Å². The fourth-order valence-electron chi connectivity index (χ4n) is 2.12. The molecule has 0 aliphatic rings. The predicted molar refractivity (Wildman–Crippen MR) is 71.0 cm³/mol. The van der Waals surface area contributed by atoms with Crippen LogP contribution in [0.3, 0.4) is 0 Å². The largest absolute Gasteiger partial charge is 0.440 e. The van der Waals surface area contributed by atoms with Crippen LogP contribution in [0.5, 0.6) is 0 Å². The smallest absolute Gasteiger partial charge is 0.243 e. The van der Waals surface area contributed by atoms with Gasteiger partial charge in [0.2, 0.25) is 5.89 Å². The normalized spacial score (nSPS) is 10.7. The van der Waals surface area contributed by atoms with Crippen LogP contribution in [0.25, 0.3) is 22.5 Å². The third-order valence-corrected chi connectivity index (χ3v) is 2.90. The lowest BCUT2D eigenvalue weighted by Crippen LogP contribution is -1.97. The van der Waals surface area contributed by atoms with Crippen molar-refractivity contribution in [1.29, 1.82) is 0 Å². The molecule has 2 heterocycles. The van der Waals surface area contributed by atoms with Crippen LogP contribution in [0.1, 0.15) is 5.76 Å². The summed E-state index contributed by atoms with van der Waals surface area (Å²) in [7, 11) is 0. The van der Waals surface area contributed by atoms with E-state index in [1.54, 1.807) is 6.20 Å². The first-order chi connectivity index (χ1) is 8.79. The zero-order valence-corrected chi connectivity index (χ0v) is 10.1. The molecule has 0 saturated carbocycles. The van der Waals surface area contributed by atoms with Crippen molar-refractivity contribution < 1.29 is 4.42 Å². The number of terminal acetylenes is 1. The Labute approximate surface area is 105 Å². The number of fused-ring (bicyclic) bond motifs is 1. The van der Waals surface area contributed by atoms with Crippen molar-refractivity contribution in [2.75, 3.05) is 0 Å². The van der Waals surface area contributed by atoms with Gasteiger partial charge in [-0.3, -0.25) is 0 Å². The van der Waals surface area contributed by atoms with Gasteiger partial charge in [-0.2, -0.15) is 0 Å². The van der Waals surface area contributed by atoms with E-state index in [1.165, 1.54) is 0 Å². The number of aromatic nitrogens is 2. The standard InChI is InChI=1S/C15H12N2O/c1-3-8-17-13-7-5-4-6-12(13)9-14(17)15-16-10-11(2)18-15/h1,4-7,9-10H,8H2,2H3. The number of oxazole rings is 1. The van der Waals surface area contributed by atoms with Crippen molar-refractivity contribution >= 4 is 10.9 Å². The van der Waals surface area contributed by atoms with Gasteiger partial charge in [0.1, 0.15) is 11.5 Å². The summed E-state index contributed by atoms with van der Waals surface area (Å²) in [4.78, 5) is 4.27. The zero-order chi connectivity index (χ0) is 12.5. The predicted octanol–water partition coefficient (Wildman–Crippen LogP) is 3.24. The average molecular weight is 236 g/mol. The van der Waals surface area contributed by atoms with E-state index >= 15 is 0 Å². The summed E-state index contributed by atoms with van der Waals surface area (Å²) in [5, 5.41) is 1.14. The van der Waals surface area contributed by atoms with Crippen molar-refractivity contribution in [1.82, 2.24) is 9.55 Å². The van der Waals surface area contributed by atoms with E-state index in [4.69, 9.17) is 10.8 Å². The molecule has 3 heteroatoms. The molecule has 18 heavy (non-hydrogen) atoms. The topological polar surface area (TPSA) is 31.0 Å². The molecule has 2 aromatic heterocycles. The maximum absolute atomic E-state index is 5.59. The van der Waals surface area contributed by atoms with Crippen LogP contribution in [-0.4, -0.2) is 9.55 Å². The highest BCUT2D eigenvalue weighted by Gasteiger charge is 2.13. The Hall–Kier alpha value is -2.47. The van der Waals surface area contributed by atoms with Crippen LogP contribution in [0.2, 0.25) is 0 Å². The molecule has 1 aromatic carbocycles. The fraction of sp³-hybridized carbons (Fsp3) is 0.133. The minimum Gasteiger partial charge on any atom is -0.440 e. The summed E-state index contributed by atoms with van der Waals surface area (Å²) < 4.78 is 7.63. The molecule has 0 aliphatic heterocycles. The second kappa shape index (κ2) is 4.08. The van der Waals surface area contributed by atoms with Crippen molar-refractivity contribution in [3.63, 3.8) is 0 Å². The summed E-state index contributed by atoms with van der Waals surface area (Å²) in [6, 6.07) is 10.2. The number of nitrogens with zero attached hydrogens (tertiary/aromatic N) is 2. The summed E-state index contributed by atoms with van der Waals surface area (Å²) in [5.41, 5.74) is 2.02. The Morgan fingerprint density at radius 1 is 1.39 bits per heavy atom. The van der Waals surface area contributed by atoms with Gasteiger partial charge in [0.25, 0.3) is 0 Å². The van der Waals surface area contributed by atoms with E-state index in [0.29, 0.717) is 12.4 Å². The van der Waals surface area contributed by atoms with Gasteiger partial charge in [0, 0.05) is 10.9 Å². The molecule has 0 fully saturated rings. The molecule has 0 bridgehead atoms. The van der Waals surface area contributed by atoms with E-state index in [9.17, 15) is 0 Å². The Bertz CT molecular complexity index is 743. The van der Waals surface area contributed by atoms with Crippen molar-refractivity contribution in [3.05, 3.63) is 42.3 Å². The Kier molecular flexibility index (Phi) is 2.42. The number of rotatable bonds is 2. The van der Waals surface area contributed by atoms with Crippen LogP contribution >= 0.6 is 0 Å². The maximum Gasteiger partial charge on any atom is 0.243 e. The molecule has 0 N–H and O–H groups in total. The fourth-order valence-corrected chi connectivity index (χ4v) is 2.12. The number of benzene rings is 1. The van der Waals surface area contributed by atoms with Crippen LogP contribution in [0.4, 0.5) is 0 Å². The van der Waals surface area contributed by atoms with E-state index in [2.05, 4.69) is 23.0 Å². The number of para-hydroxylation sites is 1. The highest BCUT2D eigenvalue weighted by Crippen LogP contribution is 2.27. The number of hydrogen-bond acceptors (Lipinski definition) is 2. The minimum atomic E-state index is 0.504. The number of hydrogen-bond donors (Lipinski definition) is 0. The van der Waals surface area contributed by atoms with Gasteiger partial charge >= 0.3 is 0 Å². The molecular formula is C15H12N2O. The molecule has 3 aromatic rings. The van der Waals surface area contributed by atoms with Gasteiger partial charge in [-0.25, -0.2) is 4.98 Å². The monoisotopic (exact) mass is 236 g/mol. The van der Waals surface area contributed by atoms with Crippen LogP contribution in [-0.2, 0) is 6.54 Å². The van der Waals surface area contributed by atoms with E-state index in [-0.39, 0.29) is 0 Å². The lowest BCUT2D eigenvalue weighted by atomic mass is 10.2. The zero-order valence-electron chi connectivity index (χ0n) is 10.1. The molecule has 88 valence electrons. The van der Waals surface area contributed by atoms with E-state index < -0.39 is 0 Å². The molecule has 0 amide bonds.